The summed E-state index contributed by atoms with van der Waals surface area (Å²) in [5.74, 6) is 1.98. The van der Waals surface area contributed by atoms with E-state index in [-0.39, 0.29) is 5.91 Å². The van der Waals surface area contributed by atoms with Gasteiger partial charge in [-0.25, -0.2) is 0 Å². The molecule has 1 amide bonds. The number of amides is 1. The van der Waals surface area contributed by atoms with Crippen molar-refractivity contribution in [2.24, 2.45) is 0 Å². The van der Waals surface area contributed by atoms with Crippen molar-refractivity contribution in [2.45, 2.75) is 69.6 Å². The molecule has 1 aliphatic carbocycles. The number of hydrogen-bond donors (Lipinski definition) is 1. The molecule has 0 saturated heterocycles. The summed E-state index contributed by atoms with van der Waals surface area (Å²) in [5, 5.41) is 12.8. The normalized spacial score (nSPS) is 15.1. The molecular formula is C20H28N4OS. The predicted molar refractivity (Wildman–Crippen MR) is 106 cm³/mol. The summed E-state index contributed by atoms with van der Waals surface area (Å²) in [5.41, 5.74) is 1.08. The van der Waals surface area contributed by atoms with Crippen LogP contribution in [0.4, 0.5) is 0 Å². The van der Waals surface area contributed by atoms with Crippen LogP contribution in [0.15, 0.2) is 35.5 Å². The third-order valence-electron chi connectivity index (χ3n) is 4.81. The average Bonchev–Trinajstić information content (AvgIpc) is 3.09. The van der Waals surface area contributed by atoms with E-state index in [4.69, 9.17) is 0 Å². The van der Waals surface area contributed by atoms with Crippen molar-refractivity contribution in [3.05, 3.63) is 30.3 Å². The Balaban J connectivity index is 1.46. The van der Waals surface area contributed by atoms with Gasteiger partial charge in [-0.2, -0.15) is 0 Å². The molecule has 0 atom stereocenters. The van der Waals surface area contributed by atoms with Crippen LogP contribution in [0.1, 0.15) is 51.9 Å². The van der Waals surface area contributed by atoms with Crippen molar-refractivity contribution in [1.29, 1.82) is 0 Å². The molecule has 0 unspecified atom stereocenters. The summed E-state index contributed by atoms with van der Waals surface area (Å²) >= 11 is 1.68. The van der Waals surface area contributed by atoms with Gasteiger partial charge in [-0.1, -0.05) is 61.4 Å². The molecule has 1 aromatic carbocycles. The number of nitrogens with zero attached hydrogens (tertiary/aromatic N) is 3. The Morgan fingerprint density at radius 2 is 1.96 bits per heavy atom. The van der Waals surface area contributed by atoms with Crippen LogP contribution in [-0.2, 0) is 11.3 Å². The lowest BCUT2D eigenvalue weighted by molar-refractivity contribution is -0.122. The van der Waals surface area contributed by atoms with E-state index in [1.54, 1.807) is 11.8 Å². The quantitative estimate of drug-likeness (QED) is 0.555. The van der Waals surface area contributed by atoms with Crippen molar-refractivity contribution in [1.82, 2.24) is 20.1 Å². The molecule has 3 rings (SSSR count). The van der Waals surface area contributed by atoms with Gasteiger partial charge in [-0.15, -0.1) is 10.2 Å². The van der Waals surface area contributed by atoms with Crippen molar-refractivity contribution >= 4 is 17.7 Å². The fraction of sp³-hybridized carbons (Fsp3) is 0.550. The Bertz CT molecular complexity index is 695. The maximum absolute atomic E-state index is 12.1. The number of thioether (sulfide) groups is 1. The Kier molecular flexibility index (Phi) is 7.12. The number of aromatic nitrogens is 3. The molecule has 1 aliphatic rings. The molecular weight excluding hydrogens is 344 g/mol. The minimum Gasteiger partial charge on any atom is -0.353 e. The Hall–Kier alpha value is -1.82. The second kappa shape index (κ2) is 9.76. The van der Waals surface area contributed by atoms with Crippen LogP contribution >= 0.6 is 11.8 Å². The molecule has 0 radical (unpaired) electrons. The molecule has 0 spiro atoms. The van der Waals surface area contributed by atoms with Crippen molar-refractivity contribution in [3.8, 4) is 11.4 Å². The van der Waals surface area contributed by atoms with Crippen LogP contribution in [0.3, 0.4) is 0 Å². The van der Waals surface area contributed by atoms with Crippen LogP contribution in [0, 0.1) is 0 Å². The predicted octanol–water partition coefficient (Wildman–Crippen LogP) is 4.29. The van der Waals surface area contributed by atoms with Gasteiger partial charge in [0.2, 0.25) is 5.91 Å². The molecule has 1 N–H and O–H groups in total. The van der Waals surface area contributed by atoms with E-state index in [1.807, 2.05) is 18.2 Å². The standard InChI is InChI=1S/C20H28N4OS/c1-2-24-19(16-10-5-3-6-11-16)22-23-20(24)26-15-9-14-18(25)21-17-12-7-4-8-13-17/h3,5-6,10-11,17H,2,4,7-9,12-15H2,1H3,(H,21,25). The number of carbonyl (C=O) groups is 1. The lowest BCUT2D eigenvalue weighted by Crippen LogP contribution is -2.36. The van der Waals surface area contributed by atoms with Gasteiger partial charge in [-0.05, 0) is 26.2 Å². The third kappa shape index (κ3) is 5.10. The Morgan fingerprint density at radius 1 is 1.19 bits per heavy atom. The smallest absolute Gasteiger partial charge is 0.220 e. The van der Waals surface area contributed by atoms with E-state index < -0.39 is 0 Å². The highest BCUT2D eigenvalue weighted by atomic mass is 32.2. The summed E-state index contributed by atoms with van der Waals surface area (Å²) in [7, 11) is 0. The second-order valence-corrected chi connectivity index (χ2v) is 7.83. The Morgan fingerprint density at radius 3 is 2.69 bits per heavy atom. The van der Waals surface area contributed by atoms with Crippen molar-refractivity contribution in [3.63, 3.8) is 0 Å². The summed E-state index contributed by atoms with van der Waals surface area (Å²) in [6, 6.07) is 10.6. The first kappa shape index (κ1) is 19.0. The van der Waals surface area contributed by atoms with Gasteiger partial charge in [0.1, 0.15) is 0 Å². The first-order valence-corrected chi connectivity index (χ1v) is 10.7. The van der Waals surface area contributed by atoms with Crippen LogP contribution in [-0.4, -0.2) is 32.5 Å². The van der Waals surface area contributed by atoms with Crippen LogP contribution in [0.25, 0.3) is 11.4 Å². The molecule has 5 nitrogen and oxygen atoms in total. The molecule has 26 heavy (non-hydrogen) atoms. The molecule has 6 heteroatoms. The molecule has 1 aromatic heterocycles. The van der Waals surface area contributed by atoms with Gasteiger partial charge >= 0.3 is 0 Å². The van der Waals surface area contributed by atoms with Gasteiger partial charge in [0.25, 0.3) is 0 Å². The van der Waals surface area contributed by atoms with Crippen LogP contribution < -0.4 is 5.32 Å². The zero-order chi connectivity index (χ0) is 18.2. The van der Waals surface area contributed by atoms with Crippen LogP contribution in [0.2, 0.25) is 0 Å². The highest BCUT2D eigenvalue weighted by Crippen LogP contribution is 2.24. The number of rotatable bonds is 8. The van der Waals surface area contributed by atoms with E-state index in [0.717, 1.165) is 48.1 Å². The molecule has 1 heterocycles. The van der Waals surface area contributed by atoms with E-state index >= 15 is 0 Å². The highest BCUT2D eigenvalue weighted by molar-refractivity contribution is 7.99. The lowest BCUT2D eigenvalue weighted by atomic mass is 9.95. The molecule has 0 aliphatic heterocycles. The van der Waals surface area contributed by atoms with E-state index in [2.05, 4.69) is 39.1 Å². The number of carbonyl (C=O) groups excluding carboxylic acids is 1. The minimum absolute atomic E-state index is 0.194. The lowest BCUT2D eigenvalue weighted by Gasteiger charge is -2.22. The van der Waals surface area contributed by atoms with E-state index in [1.165, 1.54) is 19.3 Å². The summed E-state index contributed by atoms with van der Waals surface area (Å²) in [6.45, 7) is 2.94. The van der Waals surface area contributed by atoms with Gasteiger partial charge in [-0.3, -0.25) is 4.79 Å². The summed E-state index contributed by atoms with van der Waals surface area (Å²) in [6.07, 6.45) is 7.54. The summed E-state index contributed by atoms with van der Waals surface area (Å²) in [4.78, 5) is 12.1. The van der Waals surface area contributed by atoms with Gasteiger partial charge in [0.05, 0.1) is 0 Å². The molecule has 1 fully saturated rings. The third-order valence-corrected chi connectivity index (χ3v) is 5.87. The van der Waals surface area contributed by atoms with E-state index in [0.29, 0.717) is 12.5 Å². The largest absolute Gasteiger partial charge is 0.353 e. The maximum Gasteiger partial charge on any atom is 0.220 e. The zero-order valence-electron chi connectivity index (χ0n) is 15.5. The Labute approximate surface area is 160 Å². The minimum atomic E-state index is 0.194. The SMILES string of the molecule is CCn1c(SCCCC(=O)NC2CCCCC2)nnc1-c1ccccc1. The second-order valence-electron chi connectivity index (χ2n) is 6.77. The molecule has 0 bridgehead atoms. The topological polar surface area (TPSA) is 59.8 Å². The zero-order valence-corrected chi connectivity index (χ0v) is 16.3. The van der Waals surface area contributed by atoms with Gasteiger partial charge in [0, 0.05) is 30.3 Å². The molecule has 1 saturated carbocycles. The van der Waals surface area contributed by atoms with E-state index in [9.17, 15) is 4.79 Å². The fourth-order valence-corrected chi connectivity index (χ4v) is 4.37. The van der Waals surface area contributed by atoms with Crippen molar-refractivity contribution < 1.29 is 4.79 Å². The maximum atomic E-state index is 12.1. The number of benzene rings is 1. The monoisotopic (exact) mass is 372 g/mol. The first-order valence-electron chi connectivity index (χ1n) is 9.68. The molecule has 2 aromatic rings. The van der Waals surface area contributed by atoms with Crippen LogP contribution in [0.5, 0.6) is 0 Å². The van der Waals surface area contributed by atoms with Gasteiger partial charge < -0.3 is 9.88 Å². The first-order chi connectivity index (χ1) is 12.8. The fourth-order valence-electron chi connectivity index (χ4n) is 3.42. The molecule has 140 valence electrons. The van der Waals surface area contributed by atoms with Crippen molar-refractivity contribution in [2.75, 3.05) is 5.75 Å². The summed E-state index contributed by atoms with van der Waals surface area (Å²) < 4.78 is 2.14. The highest BCUT2D eigenvalue weighted by Gasteiger charge is 2.16. The number of nitrogens with one attached hydrogen (secondary N) is 1. The average molecular weight is 373 g/mol. The number of hydrogen-bond acceptors (Lipinski definition) is 4. The van der Waals surface area contributed by atoms with Gasteiger partial charge in [0.15, 0.2) is 11.0 Å².